The fraction of sp³-hybridized carbons (Fsp3) is 0.190. The lowest BCUT2D eigenvalue weighted by Gasteiger charge is -2.13. The van der Waals surface area contributed by atoms with E-state index in [1.165, 1.54) is 0 Å². The maximum Gasteiger partial charge on any atom is 0.319 e. The topological polar surface area (TPSA) is 106 Å². The number of carbonyl (C=O) groups is 2. The quantitative estimate of drug-likeness (QED) is 0.626. The number of nitrogens with one attached hydrogen (secondary N) is 2. The zero-order chi connectivity index (χ0) is 20.3. The highest BCUT2D eigenvalue weighted by atomic mass is 16.5. The number of rotatable bonds is 5. The molecule has 3 aromatic rings. The predicted octanol–water partition coefficient (Wildman–Crippen LogP) is 3.88. The maximum atomic E-state index is 11.7. The molecule has 7 nitrogen and oxygen atoms in total. The monoisotopic (exact) mass is 378 g/mol. The van der Waals surface area contributed by atoms with E-state index in [2.05, 4.69) is 15.6 Å². The van der Waals surface area contributed by atoms with Gasteiger partial charge in [-0.2, -0.15) is 0 Å². The molecule has 0 aliphatic rings. The molecular weight excluding hydrogens is 356 g/mol. The van der Waals surface area contributed by atoms with E-state index >= 15 is 0 Å². The average Bonchev–Trinajstić information content (AvgIpc) is 2.63. The molecule has 0 saturated heterocycles. The van der Waals surface area contributed by atoms with Crippen LogP contribution in [0.5, 0.6) is 11.5 Å². The van der Waals surface area contributed by atoms with Gasteiger partial charge in [0.1, 0.15) is 11.5 Å². The summed E-state index contributed by atoms with van der Waals surface area (Å²) < 4.78 is 6.03. The summed E-state index contributed by atoms with van der Waals surface area (Å²) in [6.45, 7) is 6.10. The molecule has 0 radical (unpaired) electrons. The Labute approximate surface area is 162 Å². The first kappa shape index (κ1) is 19.2. The number of aryl methyl sites for hydroxylation is 2. The molecule has 3 amide bonds. The third kappa shape index (κ3) is 4.03. The van der Waals surface area contributed by atoms with Crippen molar-refractivity contribution in [1.82, 2.24) is 10.3 Å². The van der Waals surface area contributed by atoms with Crippen LogP contribution in [0.15, 0.2) is 42.6 Å². The van der Waals surface area contributed by atoms with Crippen molar-refractivity contribution in [3.05, 3.63) is 59.3 Å². The van der Waals surface area contributed by atoms with Crippen molar-refractivity contribution in [3.63, 3.8) is 0 Å². The Hall–Kier alpha value is -3.61. The van der Waals surface area contributed by atoms with Crippen molar-refractivity contribution >= 4 is 28.5 Å². The first-order valence-corrected chi connectivity index (χ1v) is 8.91. The molecule has 28 heavy (non-hydrogen) atoms. The normalized spacial score (nSPS) is 10.5. The van der Waals surface area contributed by atoms with Gasteiger partial charge in [-0.1, -0.05) is 0 Å². The van der Waals surface area contributed by atoms with Gasteiger partial charge in [-0.15, -0.1) is 0 Å². The van der Waals surface area contributed by atoms with Gasteiger partial charge in [0.25, 0.3) is 0 Å². The summed E-state index contributed by atoms with van der Waals surface area (Å²) in [5.74, 6) is 0.676. The van der Waals surface area contributed by atoms with Crippen molar-refractivity contribution in [1.29, 1.82) is 0 Å². The smallest absolute Gasteiger partial charge is 0.319 e. The van der Waals surface area contributed by atoms with Crippen molar-refractivity contribution < 1.29 is 14.3 Å². The number of carbonyl (C=O) groups excluding carboxylic acids is 2. The van der Waals surface area contributed by atoms with Gasteiger partial charge in [0, 0.05) is 29.4 Å². The molecule has 3 rings (SSSR count). The number of hydrogen-bond donors (Lipinski definition) is 3. The second-order valence-electron chi connectivity index (χ2n) is 6.42. The molecular formula is C21H22N4O3. The number of fused-ring (bicyclic) bond motifs is 1. The molecule has 144 valence electrons. The molecule has 0 fully saturated rings. The summed E-state index contributed by atoms with van der Waals surface area (Å²) in [4.78, 5) is 27.7. The van der Waals surface area contributed by atoms with Crippen LogP contribution in [0.25, 0.3) is 10.9 Å². The maximum absolute atomic E-state index is 11.7. The molecule has 0 aliphatic heterocycles. The van der Waals surface area contributed by atoms with Gasteiger partial charge in [-0.25, -0.2) is 4.79 Å². The Balaban J connectivity index is 1.92. The van der Waals surface area contributed by atoms with E-state index in [0.717, 1.165) is 11.1 Å². The minimum Gasteiger partial charge on any atom is -0.457 e. The standard InChI is InChI=1S/C21H22N4O3/c1-4-23-21(27)25-17-6-5-14(9-13(17)3)28-19-7-8-24-18-10-12(2)15(20(22)26)11-16(18)19/h5-11H,4H2,1-3H3,(H2,22,26)(H2,23,25,27). The van der Waals surface area contributed by atoms with Crippen LogP contribution in [-0.4, -0.2) is 23.5 Å². The van der Waals surface area contributed by atoms with Crippen LogP contribution in [-0.2, 0) is 0 Å². The number of benzene rings is 2. The van der Waals surface area contributed by atoms with Crippen molar-refractivity contribution in [2.45, 2.75) is 20.8 Å². The van der Waals surface area contributed by atoms with Crippen LogP contribution in [0.1, 0.15) is 28.4 Å². The highest BCUT2D eigenvalue weighted by Gasteiger charge is 2.12. The highest BCUT2D eigenvalue weighted by molar-refractivity contribution is 6.00. The van der Waals surface area contributed by atoms with Gasteiger partial charge >= 0.3 is 6.03 Å². The van der Waals surface area contributed by atoms with E-state index in [-0.39, 0.29) is 6.03 Å². The van der Waals surface area contributed by atoms with Gasteiger partial charge in [0.2, 0.25) is 5.91 Å². The minimum absolute atomic E-state index is 0.256. The van der Waals surface area contributed by atoms with Crippen LogP contribution in [0.3, 0.4) is 0 Å². The Bertz CT molecular complexity index is 1060. The molecule has 0 aliphatic carbocycles. The summed E-state index contributed by atoms with van der Waals surface area (Å²) in [5, 5.41) is 6.18. The summed E-state index contributed by atoms with van der Waals surface area (Å²) in [6, 6.07) is 10.4. The van der Waals surface area contributed by atoms with Crippen LogP contribution < -0.4 is 21.1 Å². The Morgan fingerprint density at radius 2 is 1.89 bits per heavy atom. The molecule has 0 atom stereocenters. The van der Waals surface area contributed by atoms with Gasteiger partial charge in [-0.05, 0) is 68.3 Å². The lowest BCUT2D eigenvalue weighted by molar-refractivity contribution is 0.1000. The molecule has 2 aromatic carbocycles. The number of pyridine rings is 1. The summed E-state index contributed by atoms with van der Waals surface area (Å²) >= 11 is 0. The minimum atomic E-state index is -0.495. The van der Waals surface area contributed by atoms with E-state index in [1.807, 2.05) is 32.9 Å². The fourth-order valence-electron chi connectivity index (χ4n) is 2.92. The van der Waals surface area contributed by atoms with Crippen LogP contribution >= 0.6 is 0 Å². The third-order valence-corrected chi connectivity index (χ3v) is 4.32. The van der Waals surface area contributed by atoms with Crippen molar-refractivity contribution in [3.8, 4) is 11.5 Å². The Morgan fingerprint density at radius 3 is 2.57 bits per heavy atom. The number of anilines is 1. The molecule has 7 heteroatoms. The number of nitrogens with two attached hydrogens (primary N) is 1. The lowest BCUT2D eigenvalue weighted by atomic mass is 10.0. The molecule has 1 heterocycles. The predicted molar refractivity (Wildman–Crippen MR) is 109 cm³/mol. The van der Waals surface area contributed by atoms with E-state index < -0.39 is 5.91 Å². The van der Waals surface area contributed by atoms with Gasteiger partial charge in [0.05, 0.1) is 5.52 Å². The largest absolute Gasteiger partial charge is 0.457 e. The van der Waals surface area contributed by atoms with Gasteiger partial charge in [0.15, 0.2) is 0 Å². The molecule has 0 unspecified atom stereocenters. The SMILES string of the molecule is CCNC(=O)Nc1ccc(Oc2ccnc3cc(C)c(C(N)=O)cc23)cc1C. The lowest BCUT2D eigenvalue weighted by Crippen LogP contribution is -2.28. The average molecular weight is 378 g/mol. The number of nitrogens with zero attached hydrogens (tertiary/aromatic N) is 1. The number of aromatic nitrogens is 1. The first-order chi connectivity index (χ1) is 13.4. The Morgan fingerprint density at radius 1 is 1.11 bits per heavy atom. The highest BCUT2D eigenvalue weighted by Crippen LogP contribution is 2.32. The summed E-state index contributed by atoms with van der Waals surface area (Å²) in [5.41, 5.74) is 8.93. The van der Waals surface area contributed by atoms with Crippen LogP contribution in [0.2, 0.25) is 0 Å². The van der Waals surface area contributed by atoms with Crippen LogP contribution in [0.4, 0.5) is 10.5 Å². The van der Waals surface area contributed by atoms with E-state index in [1.54, 1.807) is 30.5 Å². The zero-order valence-corrected chi connectivity index (χ0v) is 16.0. The Kier molecular flexibility index (Phi) is 5.44. The molecule has 0 saturated carbocycles. The fourth-order valence-corrected chi connectivity index (χ4v) is 2.92. The van der Waals surface area contributed by atoms with E-state index in [4.69, 9.17) is 10.5 Å². The molecule has 4 N–H and O–H groups in total. The van der Waals surface area contributed by atoms with Crippen molar-refractivity contribution in [2.24, 2.45) is 5.73 Å². The number of primary amides is 1. The van der Waals surface area contributed by atoms with Crippen molar-refractivity contribution in [2.75, 3.05) is 11.9 Å². The summed E-state index contributed by atoms with van der Waals surface area (Å²) in [6.07, 6.45) is 1.65. The first-order valence-electron chi connectivity index (χ1n) is 8.91. The third-order valence-electron chi connectivity index (χ3n) is 4.32. The molecule has 0 spiro atoms. The van der Waals surface area contributed by atoms with E-state index in [0.29, 0.717) is 40.2 Å². The second-order valence-corrected chi connectivity index (χ2v) is 6.42. The number of amides is 3. The van der Waals surface area contributed by atoms with E-state index in [9.17, 15) is 9.59 Å². The van der Waals surface area contributed by atoms with Gasteiger partial charge in [-0.3, -0.25) is 9.78 Å². The second kappa shape index (κ2) is 7.96. The molecule has 1 aromatic heterocycles. The number of hydrogen-bond acceptors (Lipinski definition) is 4. The number of urea groups is 1. The molecule has 0 bridgehead atoms. The number of ether oxygens (including phenoxy) is 1. The summed E-state index contributed by atoms with van der Waals surface area (Å²) in [7, 11) is 0. The van der Waals surface area contributed by atoms with Gasteiger partial charge < -0.3 is 21.1 Å². The van der Waals surface area contributed by atoms with Crippen LogP contribution in [0, 0.1) is 13.8 Å². The zero-order valence-electron chi connectivity index (χ0n) is 16.0.